The number of benzene rings is 1. The van der Waals surface area contributed by atoms with Gasteiger partial charge in [-0.3, -0.25) is 14.5 Å². The molecule has 27 heavy (non-hydrogen) atoms. The normalized spacial score (nSPS) is 22.3. The summed E-state index contributed by atoms with van der Waals surface area (Å²) in [6.07, 6.45) is 0.544. The van der Waals surface area contributed by atoms with Gasteiger partial charge in [-0.25, -0.2) is 4.39 Å². The van der Waals surface area contributed by atoms with Crippen molar-refractivity contribution in [3.05, 3.63) is 30.1 Å². The highest BCUT2D eigenvalue weighted by Gasteiger charge is 2.28. The summed E-state index contributed by atoms with van der Waals surface area (Å²) in [5.74, 6) is 1.75. The van der Waals surface area contributed by atoms with Crippen molar-refractivity contribution in [2.24, 2.45) is 0 Å². The molecule has 1 aromatic carbocycles. The Hall–Kier alpha value is -1.64. The summed E-state index contributed by atoms with van der Waals surface area (Å²) in [5, 5.41) is 6.16. The summed E-state index contributed by atoms with van der Waals surface area (Å²) in [7, 11) is 0. The third kappa shape index (κ3) is 5.67. The fraction of sp³-hybridized carbons (Fsp3) is 0.579. The van der Waals surface area contributed by atoms with Crippen molar-refractivity contribution < 1.29 is 14.0 Å². The summed E-state index contributed by atoms with van der Waals surface area (Å²) in [6, 6.07) is 5.82. The Morgan fingerprint density at radius 1 is 1.33 bits per heavy atom. The average molecular weight is 395 g/mol. The van der Waals surface area contributed by atoms with Crippen molar-refractivity contribution in [2.75, 3.05) is 49.5 Å². The first-order valence-corrected chi connectivity index (χ1v) is 10.6. The van der Waals surface area contributed by atoms with E-state index < -0.39 is 0 Å². The average Bonchev–Trinajstić information content (AvgIpc) is 2.68. The van der Waals surface area contributed by atoms with E-state index in [1.807, 2.05) is 23.6 Å². The molecule has 0 radical (unpaired) electrons. The number of hydrogen-bond acceptors (Lipinski definition) is 5. The summed E-state index contributed by atoms with van der Waals surface area (Å²) in [4.78, 5) is 28.9. The van der Waals surface area contributed by atoms with Crippen LogP contribution in [0.2, 0.25) is 0 Å². The maximum atomic E-state index is 13.3. The van der Waals surface area contributed by atoms with Crippen LogP contribution in [0.4, 0.5) is 10.1 Å². The van der Waals surface area contributed by atoms with Crippen LogP contribution in [0.5, 0.6) is 0 Å². The minimum Gasteiger partial charge on any atom is -0.340 e. The van der Waals surface area contributed by atoms with Crippen molar-refractivity contribution in [1.29, 1.82) is 0 Å². The molecule has 148 valence electrons. The summed E-state index contributed by atoms with van der Waals surface area (Å²) in [6.45, 7) is 5.41. The zero-order chi connectivity index (χ0) is 19.2. The van der Waals surface area contributed by atoms with Gasteiger partial charge in [0, 0.05) is 62.4 Å². The molecule has 0 aromatic heterocycles. The number of thioether (sulfide) groups is 1. The summed E-state index contributed by atoms with van der Waals surface area (Å²) < 4.78 is 13.3. The number of halogens is 1. The molecule has 8 heteroatoms. The zero-order valence-corrected chi connectivity index (χ0v) is 16.4. The third-order valence-electron chi connectivity index (χ3n) is 5.11. The lowest BCUT2D eigenvalue weighted by Gasteiger charge is -2.38. The van der Waals surface area contributed by atoms with Gasteiger partial charge in [-0.15, -0.1) is 0 Å². The van der Waals surface area contributed by atoms with E-state index in [0.717, 1.165) is 18.1 Å². The fourth-order valence-corrected chi connectivity index (χ4v) is 4.38. The predicted octanol–water partition coefficient (Wildman–Crippen LogP) is 1.39. The smallest absolute Gasteiger partial charge is 0.241 e. The van der Waals surface area contributed by atoms with E-state index in [-0.39, 0.29) is 29.7 Å². The Morgan fingerprint density at radius 3 is 2.78 bits per heavy atom. The summed E-state index contributed by atoms with van der Waals surface area (Å²) >= 11 is 1.89. The van der Waals surface area contributed by atoms with Crippen LogP contribution in [-0.2, 0) is 9.59 Å². The molecule has 2 amide bonds. The molecule has 2 heterocycles. The molecular formula is C19H27FN4O2S. The van der Waals surface area contributed by atoms with E-state index in [9.17, 15) is 14.0 Å². The number of hydrogen-bond donors (Lipinski definition) is 2. The van der Waals surface area contributed by atoms with Gasteiger partial charge in [0.25, 0.3) is 0 Å². The second-order valence-corrected chi connectivity index (χ2v) is 8.17. The lowest BCUT2D eigenvalue weighted by Crippen LogP contribution is -2.54. The number of nitrogens with zero attached hydrogens (tertiary/aromatic N) is 2. The van der Waals surface area contributed by atoms with Crippen molar-refractivity contribution in [2.45, 2.75) is 25.4 Å². The molecule has 2 fully saturated rings. The van der Waals surface area contributed by atoms with E-state index >= 15 is 0 Å². The first-order valence-electron chi connectivity index (χ1n) is 9.42. The molecule has 2 aliphatic rings. The highest BCUT2D eigenvalue weighted by Crippen LogP contribution is 2.15. The number of carbonyl (C=O) groups excluding carboxylic acids is 2. The largest absolute Gasteiger partial charge is 0.340 e. The molecule has 0 spiro atoms. The Kier molecular flexibility index (Phi) is 7.09. The van der Waals surface area contributed by atoms with Crippen LogP contribution in [0.1, 0.15) is 13.3 Å². The van der Waals surface area contributed by atoms with Gasteiger partial charge in [-0.05, 0) is 25.1 Å². The molecule has 2 atom stereocenters. The fourth-order valence-electron chi connectivity index (χ4n) is 3.43. The van der Waals surface area contributed by atoms with Gasteiger partial charge < -0.3 is 15.5 Å². The number of nitrogens with one attached hydrogen (secondary N) is 2. The van der Waals surface area contributed by atoms with Crippen molar-refractivity contribution >= 4 is 29.3 Å². The first-order chi connectivity index (χ1) is 13.0. The number of amides is 2. The lowest BCUT2D eigenvalue weighted by atomic mass is 10.1. The second-order valence-electron chi connectivity index (χ2n) is 7.02. The molecule has 2 unspecified atom stereocenters. The van der Waals surface area contributed by atoms with Gasteiger partial charge in [0.2, 0.25) is 11.8 Å². The van der Waals surface area contributed by atoms with Crippen LogP contribution in [0.15, 0.2) is 24.3 Å². The van der Waals surface area contributed by atoms with Crippen molar-refractivity contribution in [3.8, 4) is 0 Å². The first kappa shape index (κ1) is 20.1. The van der Waals surface area contributed by atoms with Crippen LogP contribution in [0.3, 0.4) is 0 Å². The van der Waals surface area contributed by atoms with Crippen LogP contribution >= 0.6 is 11.8 Å². The van der Waals surface area contributed by atoms with Gasteiger partial charge in [0.15, 0.2) is 0 Å². The monoisotopic (exact) mass is 394 g/mol. The third-order valence-corrected chi connectivity index (χ3v) is 6.24. The number of carbonyl (C=O) groups is 2. The number of rotatable bonds is 5. The molecule has 6 nitrogen and oxygen atoms in total. The van der Waals surface area contributed by atoms with Gasteiger partial charge in [0.1, 0.15) is 5.82 Å². The van der Waals surface area contributed by atoms with E-state index in [4.69, 9.17) is 0 Å². The maximum absolute atomic E-state index is 13.3. The standard InChI is InChI=1S/C19H27FN4O2S/c1-14(19(26)22-16-4-2-3-15(20)11-16)23-6-8-24(9-7-23)18(25)12-17-13-27-10-5-21-17/h2-4,11,14,17,21H,5-10,12-13H2,1H3,(H,22,26). The van der Waals surface area contributed by atoms with E-state index in [0.29, 0.717) is 38.3 Å². The number of piperazine rings is 1. The van der Waals surface area contributed by atoms with Gasteiger partial charge in [-0.2, -0.15) is 11.8 Å². The minimum absolute atomic E-state index is 0.163. The molecule has 1 aromatic rings. The minimum atomic E-state index is -0.376. The molecule has 3 rings (SSSR count). The van der Waals surface area contributed by atoms with E-state index in [1.54, 1.807) is 12.1 Å². The zero-order valence-electron chi connectivity index (χ0n) is 15.6. The quantitative estimate of drug-likeness (QED) is 0.790. The van der Waals surface area contributed by atoms with Crippen LogP contribution < -0.4 is 10.6 Å². The van der Waals surface area contributed by atoms with Gasteiger partial charge >= 0.3 is 0 Å². The Bertz CT molecular complexity index is 661. The van der Waals surface area contributed by atoms with Crippen LogP contribution in [-0.4, -0.2) is 77.9 Å². The highest BCUT2D eigenvalue weighted by molar-refractivity contribution is 7.99. The highest BCUT2D eigenvalue weighted by atomic mass is 32.2. The predicted molar refractivity (Wildman–Crippen MR) is 106 cm³/mol. The van der Waals surface area contributed by atoms with E-state index in [1.165, 1.54) is 12.1 Å². The van der Waals surface area contributed by atoms with Crippen molar-refractivity contribution in [3.63, 3.8) is 0 Å². The van der Waals surface area contributed by atoms with E-state index in [2.05, 4.69) is 15.5 Å². The lowest BCUT2D eigenvalue weighted by molar-refractivity contribution is -0.134. The molecule has 2 aliphatic heterocycles. The summed E-state index contributed by atoms with van der Waals surface area (Å²) in [5.41, 5.74) is 0.457. The molecule has 2 N–H and O–H groups in total. The topological polar surface area (TPSA) is 64.7 Å². The number of anilines is 1. The molecule has 0 bridgehead atoms. The molecule has 2 saturated heterocycles. The van der Waals surface area contributed by atoms with Crippen LogP contribution in [0, 0.1) is 5.82 Å². The Balaban J connectivity index is 1.44. The Labute approximate surface area is 163 Å². The van der Waals surface area contributed by atoms with Crippen molar-refractivity contribution in [1.82, 2.24) is 15.1 Å². The van der Waals surface area contributed by atoms with Crippen LogP contribution in [0.25, 0.3) is 0 Å². The second kappa shape index (κ2) is 9.52. The SMILES string of the molecule is CC(C(=O)Nc1cccc(F)c1)N1CCN(C(=O)CC2CSCCN2)CC1. The molecular weight excluding hydrogens is 367 g/mol. The molecule has 0 saturated carbocycles. The maximum Gasteiger partial charge on any atom is 0.241 e. The van der Waals surface area contributed by atoms with Gasteiger partial charge in [-0.1, -0.05) is 6.07 Å². The van der Waals surface area contributed by atoms with Gasteiger partial charge in [0.05, 0.1) is 6.04 Å². The molecule has 0 aliphatic carbocycles. The Morgan fingerprint density at radius 2 is 2.11 bits per heavy atom.